The topological polar surface area (TPSA) is 58.4 Å². The molecule has 0 amide bonds. The van der Waals surface area contributed by atoms with E-state index in [1.54, 1.807) is 7.11 Å². The molecule has 1 aromatic rings. The first-order valence-corrected chi connectivity index (χ1v) is 7.28. The van der Waals surface area contributed by atoms with E-state index in [9.17, 15) is 0 Å². The van der Waals surface area contributed by atoms with Crippen LogP contribution in [0.25, 0.3) is 0 Å². The Morgan fingerprint density at radius 1 is 1.58 bits per heavy atom. The molecule has 104 valence electrons. The van der Waals surface area contributed by atoms with Gasteiger partial charge in [0.1, 0.15) is 16.6 Å². The zero-order valence-corrected chi connectivity index (χ0v) is 12.3. The molecule has 2 heterocycles. The predicted molar refractivity (Wildman–Crippen MR) is 74.9 cm³/mol. The summed E-state index contributed by atoms with van der Waals surface area (Å²) in [5, 5.41) is 10.3. The first-order valence-electron chi connectivity index (χ1n) is 6.13. The van der Waals surface area contributed by atoms with Gasteiger partial charge in [0.05, 0.1) is 19.8 Å². The normalized spacial score (nSPS) is 18.8. The van der Waals surface area contributed by atoms with Crippen LogP contribution in [0, 0.1) is 17.2 Å². The van der Waals surface area contributed by atoms with Gasteiger partial charge in [-0.2, -0.15) is 9.64 Å². The Hall–Kier alpha value is -0.870. The molecule has 2 rings (SSSR count). The van der Waals surface area contributed by atoms with Gasteiger partial charge in [-0.25, -0.2) is 0 Å². The lowest BCUT2D eigenvalue weighted by Gasteiger charge is -2.16. The molecule has 0 aromatic carbocycles. The van der Waals surface area contributed by atoms with Crippen molar-refractivity contribution in [2.75, 3.05) is 44.9 Å². The monoisotopic (exact) mass is 301 g/mol. The molecular formula is C12H16ClN3O2S. The molecule has 1 unspecified atom stereocenters. The molecule has 1 aliphatic heterocycles. The van der Waals surface area contributed by atoms with E-state index in [4.69, 9.17) is 26.3 Å². The maximum Gasteiger partial charge on any atom is 0.162 e. The lowest BCUT2D eigenvalue weighted by atomic mass is 10.1. The second kappa shape index (κ2) is 7.06. The average Bonchev–Trinajstić information content (AvgIpc) is 3.01. The molecule has 0 radical (unpaired) electrons. The van der Waals surface area contributed by atoms with Crippen LogP contribution < -0.4 is 4.90 Å². The van der Waals surface area contributed by atoms with Gasteiger partial charge < -0.3 is 14.4 Å². The van der Waals surface area contributed by atoms with E-state index in [-0.39, 0.29) is 0 Å². The summed E-state index contributed by atoms with van der Waals surface area (Å²) in [6, 6.07) is 2.12. The molecule has 1 atom stereocenters. The maximum absolute atomic E-state index is 9.08. The highest BCUT2D eigenvalue weighted by Gasteiger charge is 2.27. The van der Waals surface area contributed by atoms with Gasteiger partial charge in [0.25, 0.3) is 0 Å². The minimum atomic E-state index is 0.308. The Balaban J connectivity index is 1.86. The van der Waals surface area contributed by atoms with Crippen LogP contribution in [0.2, 0.25) is 5.15 Å². The van der Waals surface area contributed by atoms with Crippen molar-refractivity contribution in [3.8, 4) is 6.07 Å². The summed E-state index contributed by atoms with van der Waals surface area (Å²) in [5.41, 5.74) is 0.493. The largest absolute Gasteiger partial charge is 0.382 e. The summed E-state index contributed by atoms with van der Waals surface area (Å²) in [6.07, 6.45) is 1.06. The number of anilines is 1. The van der Waals surface area contributed by atoms with Crippen molar-refractivity contribution >= 4 is 28.1 Å². The first-order chi connectivity index (χ1) is 9.26. The average molecular weight is 302 g/mol. The van der Waals surface area contributed by atoms with Gasteiger partial charge in [0.15, 0.2) is 5.15 Å². The van der Waals surface area contributed by atoms with Crippen LogP contribution in [0.3, 0.4) is 0 Å². The van der Waals surface area contributed by atoms with Gasteiger partial charge >= 0.3 is 0 Å². The van der Waals surface area contributed by atoms with Crippen molar-refractivity contribution in [2.24, 2.45) is 5.92 Å². The molecule has 1 fully saturated rings. The second-order valence-corrected chi connectivity index (χ2v) is 5.54. The SMILES string of the molecule is COCCOCC1CCN(c2snc(Cl)c2C#N)C1. The Kier molecular flexibility index (Phi) is 5.40. The molecular weight excluding hydrogens is 286 g/mol. The van der Waals surface area contributed by atoms with Crippen LogP contribution in [-0.2, 0) is 9.47 Å². The highest BCUT2D eigenvalue weighted by molar-refractivity contribution is 7.10. The Bertz CT molecular complexity index is 460. The quantitative estimate of drug-likeness (QED) is 0.754. The van der Waals surface area contributed by atoms with Crippen LogP contribution in [0.4, 0.5) is 5.00 Å². The third-order valence-electron chi connectivity index (χ3n) is 3.10. The molecule has 5 nitrogen and oxygen atoms in total. The molecule has 19 heavy (non-hydrogen) atoms. The lowest BCUT2D eigenvalue weighted by Crippen LogP contribution is -2.21. The van der Waals surface area contributed by atoms with Crippen LogP contribution in [0.5, 0.6) is 0 Å². The smallest absolute Gasteiger partial charge is 0.162 e. The number of halogens is 1. The summed E-state index contributed by atoms with van der Waals surface area (Å²) in [4.78, 5) is 2.17. The summed E-state index contributed by atoms with van der Waals surface area (Å²) in [7, 11) is 1.66. The fourth-order valence-corrected chi connectivity index (χ4v) is 3.18. The fourth-order valence-electron chi connectivity index (χ4n) is 2.12. The van der Waals surface area contributed by atoms with Gasteiger partial charge in [-0.15, -0.1) is 0 Å². The number of methoxy groups -OCH3 is 1. The highest BCUT2D eigenvalue weighted by atomic mass is 35.5. The van der Waals surface area contributed by atoms with Crippen LogP contribution >= 0.6 is 23.1 Å². The van der Waals surface area contributed by atoms with E-state index in [2.05, 4.69) is 15.3 Å². The Morgan fingerprint density at radius 2 is 2.42 bits per heavy atom. The molecule has 1 saturated heterocycles. The van der Waals surface area contributed by atoms with E-state index in [0.717, 1.165) is 31.1 Å². The minimum Gasteiger partial charge on any atom is -0.382 e. The zero-order valence-electron chi connectivity index (χ0n) is 10.8. The molecule has 0 aliphatic carbocycles. The standard InChI is InChI=1S/C12H16ClN3O2S/c1-17-4-5-18-8-9-2-3-16(7-9)12-10(6-14)11(13)15-19-12/h9H,2-5,7-8H2,1H3. The van der Waals surface area contributed by atoms with Crippen molar-refractivity contribution in [3.63, 3.8) is 0 Å². The molecule has 0 bridgehead atoms. The van der Waals surface area contributed by atoms with Gasteiger partial charge in [-0.05, 0) is 18.0 Å². The molecule has 1 aromatic heterocycles. The summed E-state index contributed by atoms with van der Waals surface area (Å²) >= 11 is 7.18. The number of ether oxygens (including phenoxy) is 2. The molecule has 0 spiro atoms. The Labute approximate surface area is 121 Å². The number of hydrogen-bond donors (Lipinski definition) is 0. The summed E-state index contributed by atoms with van der Waals surface area (Å²) < 4.78 is 14.5. The van der Waals surface area contributed by atoms with Gasteiger partial charge in [0, 0.05) is 26.1 Å². The molecule has 0 N–H and O–H groups in total. The van der Waals surface area contributed by atoms with E-state index in [1.165, 1.54) is 11.5 Å². The fraction of sp³-hybridized carbons (Fsp3) is 0.667. The summed E-state index contributed by atoms with van der Waals surface area (Å²) in [6.45, 7) is 3.79. The lowest BCUT2D eigenvalue weighted by molar-refractivity contribution is 0.0549. The third kappa shape index (κ3) is 3.57. The molecule has 7 heteroatoms. The van der Waals surface area contributed by atoms with Crippen molar-refractivity contribution in [1.29, 1.82) is 5.26 Å². The zero-order chi connectivity index (χ0) is 13.7. The van der Waals surface area contributed by atoms with Gasteiger partial charge in [0.2, 0.25) is 0 Å². The van der Waals surface area contributed by atoms with Crippen LogP contribution in [0.1, 0.15) is 12.0 Å². The van der Waals surface area contributed by atoms with Crippen molar-refractivity contribution in [2.45, 2.75) is 6.42 Å². The van der Waals surface area contributed by atoms with Crippen molar-refractivity contribution in [3.05, 3.63) is 10.7 Å². The minimum absolute atomic E-state index is 0.308. The highest BCUT2D eigenvalue weighted by Crippen LogP contribution is 2.34. The first kappa shape index (κ1) is 14.5. The molecule has 0 saturated carbocycles. The number of rotatable bonds is 6. The molecule has 1 aliphatic rings. The van der Waals surface area contributed by atoms with E-state index in [0.29, 0.717) is 29.8 Å². The van der Waals surface area contributed by atoms with Crippen molar-refractivity contribution < 1.29 is 9.47 Å². The second-order valence-electron chi connectivity index (χ2n) is 4.43. The maximum atomic E-state index is 9.08. The van der Waals surface area contributed by atoms with Crippen LogP contribution in [0.15, 0.2) is 0 Å². The number of nitriles is 1. The van der Waals surface area contributed by atoms with E-state index >= 15 is 0 Å². The van der Waals surface area contributed by atoms with E-state index < -0.39 is 0 Å². The third-order valence-corrected chi connectivity index (χ3v) is 4.39. The predicted octanol–water partition coefficient (Wildman–Crippen LogP) is 2.16. The van der Waals surface area contributed by atoms with Gasteiger partial charge in [-0.1, -0.05) is 11.6 Å². The summed E-state index contributed by atoms with van der Waals surface area (Å²) in [5.74, 6) is 0.490. The number of hydrogen-bond acceptors (Lipinski definition) is 6. The van der Waals surface area contributed by atoms with Crippen molar-refractivity contribution in [1.82, 2.24) is 4.37 Å². The van der Waals surface area contributed by atoms with Gasteiger partial charge in [-0.3, -0.25) is 0 Å². The number of nitrogens with zero attached hydrogens (tertiary/aromatic N) is 3. The Morgan fingerprint density at radius 3 is 3.16 bits per heavy atom. The van der Waals surface area contributed by atoms with Crippen LogP contribution in [-0.4, -0.2) is 44.4 Å². The van der Waals surface area contributed by atoms with E-state index in [1.807, 2.05) is 0 Å². The number of aromatic nitrogens is 1.